The van der Waals surface area contributed by atoms with Crippen LogP contribution in [0, 0.1) is 44.8 Å². The van der Waals surface area contributed by atoms with E-state index in [1.165, 1.54) is 38.5 Å². The summed E-state index contributed by atoms with van der Waals surface area (Å²) in [7, 11) is 1.00. The van der Waals surface area contributed by atoms with E-state index in [2.05, 4.69) is 55.4 Å². The maximum absolute atomic E-state index is 12.4. The predicted molar refractivity (Wildman–Crippen MR) is 166 cm³/mol. The van der Waals surface area contributed by atoms with Crippen LogP contribution in [0.5, 0.6) is 0 Å². The molecule has 1 saturated heterocycles. The molecule has 2 spiro atoms. The van der Waals surface area contributed by atoms with Crippen molar-refractivity contribution >= 4 is 11.9 Å². The van der Waals surface area contributed by atoms with Crippen molar-refractivity contribution in [1.29, 1.82) is 0 Å². The topological polar surface area (TPSA) is 82.1 Å². The summed E-state index contributed by atoms with van der Waals surface area (Å²) in [6.07, 6.45) is 12.7. The molecule has 0 aromatic heterocycles. The van der Waals surface area contributed by atoms with Gasteiger partial charge in [-0.05, 0) is 105 Å². The minimum absolute atomic E-state index is 0.00634. The SMILES string of the molecule is CCCC1C(C)(C)C(OC(C)=O)CC[C@@]12CC21CCC2(C)C([C@@]3(C)CCC(C(C)C)O3)C(OC(C)=O)C[C@@]2(C)C1.CO. The lowest BCUT2D eigenvalue weighted by Crippen LogP contribution is -2.54. The molecule has 5 aliphatic rings. The van der Waals surface area contributed by atoms with Gasteiger partial charge in [0.05, 0.1) is 11.7 Å². The summed E-state index contributed by atoms with van der Waals surface area (Å²) < 4.78 is 19.1. The van der Waals surface area contributed by atoms with Crippen LogP contribution in [-0.4, -0.2) is 48.1 Å². The van der Waals surface area contributed by atoms with Gasteiger partial charge in [0.1, 0.15) is 12.2 Å². The first-order chi connectivity index (χ1) is 19.5. The van der Waals surface area contributed by atoms with Crippen molar-refractivity contribution in [2.45, 2.75) is 164 Å². The number of carbonyl (C=O) groups is 2. The Morgan fingerprint density at radius 1 is 0.905 bits per heavy atom. The lowest BCUT2D eigenvalue weighted by Gasteiger charge is -2.57. The molecule has 0 aromatic carbocycles. The average molecular weight is 591 g/mol. The molecule has 4 aliphatic carbocycles. The molecule has 5 rings (SSSR count). The molecule has 0 aromatic rings. The van der Waals surface area contributed by atoms with Crippen molar-refractivity contribution in [3.05, 3.63) is 0 Å². The van der Waals surface area contributed by atoms with E-state index >= 15 is 0 Å². The van der Waals surface area contributed by atoms with Crippen LogP contribution in [0.2, 0.25) is 0 Å². The molecular formula is C36H62O6. The molecule has 6 nitrogen and oxygen atoms in total. The fourth-order valence-electron chi connectivity index (χ4n) is 11.8. The molecule has 0 radical (unpaired) electrons. The van der Waals surface area contributed by atoms with Crippen LogP contribution in [0.3, 0.4) is 0 Å². The Kier molecular flexibility index (Phi) is 9.11. The van der Waals surface area contributed by atoms with Gasteiger partial charge >= 0.3 is 11.9 Å². The zero-order valence-electron chi connectivity index (χ0n) is 28.7. The Morgan fingerprint density at radius 3 is 2.10 bits per heavy atom. The molecule has 1 aliphatic heterocycles. The molecular weight excluding hydrogens is 528 g/mol. The van der Waals surface area contributed by atoms with E-state index in [-0.39, 0.29) is 58.0 Å². The smallest absolute Gasteiger partial charge is 0.302 e. The van der Waals surface area contributed by atoms with Crippen LogP contribution in [0.15, 0.2) is 0 Å². The first-order valence-electron chi connectivity index (χ1n) is 17.0. The number of esters is 2. The highest BCUT2D eigenvalue weighted by Crippen LogP contribution is 2.85. The molecule has 10 atom stereocenters. The fourth-order valence-corrected chi connectivity index (χ4v) is 11.8. The quantitative estimate of drug-likeness (QED) is 0.317. The molecule has 0 bridgehead atoms. The number of aliphatic hydroxyl groups excluding tert-OH is 1. The Morgan fingerprint density at radius 2 is 1.55 bits per heavy atom. The van der Waals surface area contributed by atoms with Gasteiger partial charge < -0.3 is 19.3 Å². The minimum Gasteiger partial charge on any atom is -0.462 e. The lowest BCUT2D eigenvalue weighted by atomic mass is 9.48. The van der Waals surface area contributed by atoms with E-state index in [0.29, 0.717) is 22.7 Å². The summed E-state index contributed by atoms with van der Waals surface area (Å²) >= 11 is 0. The molecule has 0 amide bonds. The Labute approximate surface area is 256 Å². The summed E-state index contributed by atoms with van der Waals surface area (Å²) in [5.41, 5.74) is 0.539. The number of hydrogen-bond acceptors (Lipinski definition) is 6. The summed E-state index contributed by atoms with van der Waals surface area (Å²) in [6.45, 7) is 22.1. The van der Waals surface area contributed by atoms with Crippen molar-refractivity contribution in [1.82, 2.24) is 0 Å². The van der Waals surface area contributed by atoms with E-state index in [1.807, 2.05) is 0 Å². The van der Waals surface area contributed by atoms with E-state index in [1.54, 1.807) is 13.8 Å². The Balaban J connectivity index is 0.00000198. The number of ether oxygens (including phenoxy) is 3. The molecule has 5 fully saturated rings. The van der Waals surface area contributed by atoms with Gasteiger partial charge in [-0.1, -0.05) is 54.9 Å². The van der Waals surface area contributed by atoms with Gasteiger partial charge in [-0.25, -0.2) is 0 Å². The van der Waals surface area contributed by atoms with Crippen molar-refractivity contribution in [3.8, 4) is 0 Å². The molecule has 1 heterocycles. The average Bonchev–Trinajstić information content (AvgIpc) is 3.14. The number of fused-ring (bicyclic) bond motifs is 2. The van der Waals surface area contributed by atoms with Crippen molar-refractivity contribution in [3.63, 3.8) is 0 Å². The van der Waals surface area contributed by atoms with Crippen LogP contribution >= 0.6 is 0 Å². The third-order valence-corrected chi connectivity index (χ3v) is 13.7. The largest absolute Gasteiger partial charge is 0.462 e. The third-order valence-electron chi connectivity index (χ3n) is 13.7. The first-order valence-corrected chi connectivity index (χ1v) is 17.0. The van der Waals surface area contributed by atoms with E-state index < -0.39 is 0 Å². The highest BCUT2D eigenvalue weighted by Gasteiger charge is 2.79. The van der Waals surface area contributed by atoms with E-state index in [0.717, 1.165) is 39.2 Å². The Hall–Kier alpha value is -1.14. The highest BCUT2D eigenvalue weighted by atomic mass is 16.6. The van der Waals surface area contributed by atoms with Gasteiger partial charge in [-0.15, -0.1) is 0 Å². The molecule has 1 N–H and O–H groups in total. The maximum Gasteiger partial charge on any atom is 0.302 e. The minimum atomic E-state index is -0.262. The summed E-state index contributed by atoms with van der Waals surface area (Å²) in [5.74, 6) is 0.962. The van der Waals surface area contributed by atoms with Crippen molar-refractivity contribution in [2.75, 3.05) is 7.11 Å². The molecule has 6 heteroatoms. The molecule has 7 unspecified atom stereocenters. The zero-order chi connectivity index (χ0) is 31.5. The normalized spacial score (nSPS) is 47.1. The highest BCUT2D eigenvalue weighted by molar-refractivity contribution is 5.66. The van der Waals surface area contributed by atoms with Crippen LogP contribution in [-0.2, 0) is 23.8 Å². The second-order valence-corrected chi connectivity index (χ2v) is 16.6. The van der Waals surface area contributed by atoms with Crippen molar-refractivity contribution < 1.29 is 28.9 Å². The molecule has 242 valence electrons. The number of carbonyl (C=O) groups excluding carboxylic acids is 2. The lowest BCUT2D eigenvalue weighted by molar-refractivity contribution is -0.175. The van der Waals surface area contributed by atoms with Gasteiger partial charge in [0.2, 0.25) is 0 Å². The van der Waals surface area contributed by atoms with E-state index in [4.69, 9.17) is 19.3 Å². The van der Waals surface area contributed by atoms with Crippen LogP contribution in [0.4, 0.5) is 0 Å². The predicted octanol–water partition coefficient (Wildman–Crippen LogP) is 7.88. The number of hydrogen-bond donors (Lipinski definition) is 1. The molecule has 4 saturated carbocycles. The Bertz CT molecular complexity index is 1020. The van der Waals surface area contributed by atoms with Gasteiger partial charge in [0, 0.05) is 32.3 Å². The van der Waals surface area contributed by atoms with Crippen LogP contribution < -0.4 is 0 Å². The standard InChI is InChI=1S/C35H58O5.CH4O/c1-11-12-27-30(6,7)28(39-24(5)37)14-16-35(27)21-34(35)18-17-32(9)29(33(10)15-13-25(40-33)22(2)3)26(38-23(4)36)19-31(32,8)20-34;1-2/h22,25-29H,11-21H2,1-10H3;2H,1H3/t25?,26?,27?,28?,29?,31-,32?,33+,34?,35+;/m0./s1. The maximum atomic E-state index is 12.4. The summed E-state index contributed by atoms with van der Waals surface area (Å²) in [4.78, 5) is 24.4. The van der Waals surface area contributed by atoms with Gasteiger partial charge in [0.15, 0.2) is 0 Å². The monoisotopic (exact) mass is 590 g/mol. The fraction of sp³-hybridized carbons (Fsp3) is 0.944. The van der Waals surface area contributed by atoms with Crippen LogP contribution in [0.1, 0.15) is 140 Å². The van der Waals surface area contributed by atoms with Crippen molar-refractivity contribution in [2.24, 2.45) is 44.8 Å². The van der Waals surface area contributed by atoms with Gasteiger partial charge in [-0.3, -0.25) is 9.59 Å². The first kappa shape index (κ1) is 33.7. The number of aliphatic hydroxyl groups is 1. The molecule has 42 heavy (non-hydrogen) atoms. The summed E-state index contributed by atoms with van der Waals surface area (Å²) in [6, 6.07) is 0. The number of rotatable bonds is 6. The third kappa shape index (κ3) is 5.07. The second kappa shape index (κ2) is 11.3. The van der Waals surface area contributed by atoms with E-state index in [9.17, 15) is 9.59 Å². The van der Waals surface area contributed by atoms with Gasteiger partial charge in [0.25, 0.3) is 0 Å². The second-order valence-electron chi connectivity index (χ2n) is 16.6. The summed E-state index contributed by atoms with van der Waals surface area (Å²) in [5, 5.41) is 7.00. The van der Waals surface area contributed by atoms with Crippen LogP contribution in [0.25, 0.3) is 0 Å². The van der Waals surface area contributed by atoms with Gasteiger partial charge in [-0.2, -0.15) is 0 Å². The zero-order valence-corrected chi connectivity index (χ0v) is 28.7.